The molecule has 0 spiro atoms. The fourth-order valence-corrected chi connectivity index (χ4v) is 4.47. The van der Waals surface area contributed by atoms with Gasteiger partial charge >= 0.3 is 0 Å². The quantitative estimate of drug-likeness (QED) is 0.693. The summed E-state index contributed by atoms with van der Waals surface area (Å²) in [6.45, 7) is 3.65. The molecule has 1 N–H and O–H groups in total. The van der Waals surface area contributed by atoms with Crippen molar-refractivity contribution in [3.05, 3.63) is 47.7 Å². The highest BCUT2D eigenvalue weighted by Gasteiger charge is 2.32. The maximum atomic E-state index is 12.8. The van der Waals surface area contributed by atoms with Gasteiger partial charge in [-0.3, -0.25) is 9.78 Å². The molecule has 0 radical (unpaired) electrons. The Labute approximate surface area is 180 Å². The van der Waals surface area contributed by atoms with Crippen molar-refractivity contribution in [2.45, 2.75) is 18.9 Å². The third-order valence-corrected chi connectivity index (χ3v) is 6.23. The lowest BCUT2D eigenvalue weighted by Gasteiger charge is -2.34. The number of benzene rings is 1. The molecule has 2 aliphatic rings. The van der Waals surface area contributed by atoms with Gasteiger partial charge in [0.2, 0.25) is 0 Å². The molecule has 156 valence electrons. The van der Waals surface area contributed by atoms with Crippen molar-refractivity contribution in [3.8, 4) is 5.69 Å². The van der Waals surface area contributed by atoms with E-state index in [0.717, 1.165) is 54.9 Å². The molecule has 2 aromatic heterocycles. The van der Waals surface area contributed by atoms with E-state index in [1.165, 1.54) is 0 Å². The first kappa shape index (κ1) is 19.5. The average Bonchev–Trinajstić information content (AvgIpc) is 3.20. The summed E-state index contributed by atoms with van der Waals surface area (Å²) in [5.74, 6) is 1.23. The predicted molar refractivity (Wildman–Crippen MR) is 116 cm³/mol. The van der Waals surface area contributed by atoms with Crippen molar-refractivity contribution < 1.29 is 9.53 Å². The van der Waals surface area contributed by atoms with Gasteiger partial charge in [-0.25, -0.2) is 4.68 Å². The van der Waals surface area contributed by atoms with Gasteiger partial charge in [0.05, 0.1) is 24.0 Å². The van der Waals surface area contributed by atoms with Gasteiger partial charge in [-0.1, -0.05) is 11.6 Å². The molecule has 5 rings (SSSR count). The molecule has 1 unspecified atom stereocenters. The van der Waals surface area contributed by atoms with E-state index in [1.807, 2.05) is 41.2 Å². The SMILES string of the molecule is O=C(C1CCN(c2nn(-c3ccc(Cl)cc3)c3cnccc23)CC1)C1CNCCO1. The molecule has 0 aliphatic carbocycles. The van der Waals surface area contributed by atoms with Crippen molar-refractivity contribution in [3.63, 3.8) is 0 Å². The molecule has 2 aliphatic heterocycles. The number of carbonyl (C=O) groups excluding carboxylic acids is 1. The van der Waals surface area contributed by atoms with Crippen LogP contribution in [0.4, 0.5) is 5.82 Å². The van der Waals surface area contributed by atoms with E-state index in [9.17, 15) is 4.79 Å². The molecule has 4 heterocycles. The zero-order valence-electron chi connectivity index (χ0n) is 16.6. The standard InChI is InChI=1S/C22H24ClN5O2/c23-16-1-3-17(4-2-16)28-19-13-24-8-5-18(19)22(26-28)27-10-6-15(7-11-27)21(29)20-14-25-9-12-30-20/h1-5,8,13,15,20,25H,6-7,9-12,14H2. The number of fused-ring (bicyclic) bond motifs is 1. The molecule has 2 saturated heterocycles. The lowest BCUT2D eigenvalue weighted by Crippen LogP contribution is -2.47. The third kappa shape index (κ3) is 3.69. The van der Waals surface area contributed by atoms with Crippen LogP contribution in [0, 0.1) is 5.92 Å². The Hall–Kier alpha value is -2.48. The van der Waals surface area contributed by atoms with Gasteiger partial charge in [0.15, 0.2) is 11.6 Å². The van der Waals surface area contributed by atoms with Crippen LogP contribution in [0.2, 0.25) is 5.02 Å². The number of halogens is 1. The van der Waals surface area contributed by atoms with E-state index in [-0.39, 0.29) is 17.8 Å². The first-order valence-electron chi connectivity index (χ1n) is 10.4. The van der Waals surface area contributed by atoms with E-state index in [2.05, 4.69) is 15.2 Å². The van der Waals surface area contributed by atoms with Crippen molar-refractivity contribution in [2.75, 3.05) is 37.7 Å². The molecule has 3 aromatic rings. The zero-order chi connectivity index (χ0) is 20.5. The molecule has 1 atom stereocenters. The largest absolute Gasteiger partial charge is 0.368 e. The third-order valence-electron chi connectivity index (χ3n) is 5.98. The van der Waals surface area contributed by atoms with E-state index in [1.54, 1.807) is 6.20 Å². The molecule has 0 saturated carbocycles. The van der Waals surface area contributed by atoms with E-state index < -0.39 is 0 Å². The van der Waals surface area contributed by atoms with Gasteiger partial charge in [-0.15, -0.1) is 5.10 Å². The Bertz CT molecular complexity index is 1040. The summed E-state index contributed by atoms with van der Waals surface area (Å²) in [5.41, 5.74) is 1.89. The van der Waals surface area contributed by atoms with Gasteiger partial charge in [0.25, 0.3) is 0 Å². The highest BCUT2D eigenvalue weighted by molar-refractivity contribution is 6.30. The summed E-state index contributed by atoms with van der Waals surface area (Å²) < 4.78 is 7.57. The summed E-state index contributed by atoms with van der Waals surface area (Å²) in [5, 5.41) is 9.91. The Kier molecular flexibility index (Phi) is 5.41. The summed E-state index contributed by atoms with van der Waals surface area (Å²) in [4.78, 5) is 19.4. The first-order chi connectivity index (χ1) is 14.7. The Morgan fingerprint density at radius 2 is 1.97 bits per heavy atom. The smallest absolute Gasteiger partial charge is 0.166 e. The number of piperidine rings is 1. The van der Waals surface area contributed by atoms with Crippen molar-refractivity contribution in [1.29, 1.82) is 0 Å². The Morgan fingerprint density at radius 1 is 1.17 bits per heavy atom. The van der Waals surface area contributed by atoms with Crippen molar-refractivity contribution in [1.82, 2.24) is 20.1 Å². The molecular formula is C22H24ClN5O2. The molecule has 7 nitrogen and oxygen atoms in total. The van der Waals surface area contributed by atoms with E-state index >= 15 is 0 Å². The molecule has 30 heavy (non-hydrogen) atoms. The van der Waals surface area contributed by atoms with Gasteiger partial charge in [0, 0.05) is 48.7 Å². The van der Waals surface area contributed by atoms with Crippen LogP contribution in [0.3, 0.4) is 0 Å². The predicted octanol–water partition coefficient (Wildman–Crippen LogP) is 2.85. The fraction of sp³-hybridized carbons (Fsp3) is 0.409. The summed E-state index contributed by atoms with van der Waals surface area (Å²) >= 11 is 6.05. The summed E-state index contributed by atoms with van der Waals surface area (Å²) in [7, 11) is 0. The maximum absolute atomic E-state index is 12.8. The highest BCUT2D eigenvalue weighted by Crippen LogP contribution is 2.31. The number of nitrogens with zero attached hydrogens (tertiary/aromatic N) is 4. The highest BCUT2D eigenvalue weighted by atomic mass is 35.5. The molecule has 0 bridgehead atoms. The average molecular weight is 426 g/mol. The van der Waals surface area contributed by atoms with Crippen LogP contribution in [0.1, 0.15) is 12.8 Å². The van der Waals surface area contributed by atoms with Crippen molar-refractivity contribution in [2.24, 2.45) is 5.92 Å². The number of hydrogen-bond acceptors (Lipinski definition) is 6. The maximum Gasteiger partial charge on any atom is 0.166 e. The minimum atomic E-state index is -0.300. The van der Waals surface area contributed by atoms with Crippen LogP contribution >= 0.6 is 11.6 Å². The number of Topliss-reactive ketones (excluding diaryl/α,β-unsaturated/α-hetero) is 1. The number of carbonyl (C=O) groups is 1. The summed E-state index contributed by atoms with van der Waals surface area (Å²) in [6, 6.07) is 9.63. The van der Waals surface area contributed by atoms with Crippen LogP contribution in [-0.2, 0) is 9.53 Å². The number of hydrogen-bond donors (Lipinski definition) is 1. The molecule has 1 aromatic carbocycles. The number of ether oxygens (including phenoxy) is 1. The number of ketones is 1. The number of rotatable bonds is 4. The number of morpholine rings is 1. The molecule has 0 amide bonds. The monoisotopic (exact) mass is 425 g/mol. The van der Waals surface area contributed by atoms with E-state index in [0.29, 0.717) is 18.2 Å². The Balaban J connectivity index is 1.37. The number of anilines is 1. The van der Waals surface area contributed by atoms with Crippen LogP contribution in [-0.4, -0.2) is 59.4 Å². The second-order valence-corrected chi connectivity index (χ2v) is 8.27. The second kappa shape index (κ2) is 8.34. The van der Waals surface area contributed by atoms with Gasteiger partial charge in [-0.2, -0.15) is 0 Å². The zero-order valence-corrected chi connectivity index (χ0v) is 17.4. The van der Waals surface area contributed by atoms with Crippen LogP contribution in [0.5, 0.6) is 0 Å². The van der Waals surface area contributed by atoms with Gasteiger partial charge in [0.1, 0.15) is 6.10 Å². The minimum absolute atomic E-state index is 0.0532. The fourth-order valence-electron chi connectivity index (χ4n) is 4.35. The van der Waals surface area contributed by atoms with Crippen LogP contribution < -0.4 is 10.2 Å². The second-order valence-electron chi connectivity index (χ2n) is 7.83. The number of nitrogens with one attached hydrogen (secondary N) is 1. The summed E-state index contributed by atoms with van der Waals surface area (Å²) in [6.07, 6.45) is 4.97. The first-order valence-corrected chi connectivity index (χ1v) is 10.8. The lowest BCUT2D eigenvalue weighted by atomic mass is 9.89. The van der Waals surface area contributed by atoms with Crippen LogP contribution in [0.25, 0.3) is 16.6 Å². The van der Waals surface area contributed by atoms with E-state index in [4.69, 9.17) is 21.4 Å². The normalized spacial score (nSPS) is 20.6. The minimum Gasteiger partial charge on any atom is -0.368 e. The number of pyridine rings is 1. The number of aromatic nitrogens is 3. The lowest BCUT2D eigenvalue weighted by molar-refractivity contribution is -0.136. The Morgan fingerprint density at radius 3 is 2.70 bits per heavy atom. The van der Waals surface area contributed by atoms with Gasteiger partial charge in [-0.05, 0) is 43.2 Å². The van der Waals surface area contributed by atoms with Gasteiger partial charge < -0.3 is 15.0 Å². The topological polar surface area (TPSA) is 72.3 Å². The molecule has 8 heteroatoms. The van der Waals surface area contributed by atoms with Crippen molar-refractivity contribution >= 4 is 34.1 Å². The molecular weight excluding hydrogens is 402 g/mol. The molecule has 2 fully saturated rings. The van der Waals surface area contributed by atoms with Crippen LogP contribution in [0.15, 0.2) is 42.7 Å².